The summed E-state index contributed by atoms with van der Waals surface area (Å²) in [6, 6.07) is 12.2. The Hall–Kier alpha value is -5.67. The van der Waals surface area contributed by atoms with Crippen molar-refractivity contribution in [2.45, 2.75) is 6.42 Å². The number of amides is 4. The molecule has 268 valence electrons. The first-order valence-electron chi connectivity index (χ1n) is 15.9. The molecule has 0 spiro atoms. The Balaban J connectivity index is 1.21. The molecule has 5 aromatic rings. The third-order valence-electron chi connectivity index (χ3n) is 8.09. The van der Waals surface area contributed by atoms with Crippen LogP contribution in [0.25, 0.3) is 10.9 Å². The predicted molar refractivity (Wildman–Crippen MR) is 201 cm³/mol. The zero-order valence-electron chi connectivity index (χ0n) is 28.3. The van der Waals surface area contributed by atoms with Crippen LogP contribution in [0.3, 0.4) is 0 Å². The summed E-state index contributed by atoms with van der Waals surface area (Å²) in [4.78, 5) is 57.3. The third kappa shape index (κ3) is 8.74. The molecule has 0 atom stereocenters. The molecular formula is C34H39Cl2N11O4. The lowest BCUT2D eigenvalue weighted by molar-refractivity contribution is 0.0944. The molecule has 17 heteroatoms. The maximum Gasteiger partial charge on any atom is 0.272 e. The third-order valence-corrected chi connectivity index (χ3v) is 8.43. The van der Waals surface area contributed by atoms with Gasteiger partial charge in [0.1, 0.15) is 22.8 Å². The van der Waals surface area contributed by atoms with E-state index in [4.69, 9.17) is 34.3 Å². The highest BCUT2D eigenvalue weighted by Gasteiger charge is 2.20. The Labute approximate surface area is 303 Å². The second kappa shape index (κ2) is 15.9. The number of halogens is 2. The van der Waals surface area contributed by atoms with Crippen molar-refractivity contribution < 1.29 is 19.2 Å². The lowest BCUT2D eigenvalue weighted by atomic mass is 10.2. The molecule has 5 rings (SSSR count). The predicted octanol–water partition coefficient (Wildman–Crippen LogP) is 4.28. The number of fused-ring (bicyclic) bond motifs is 1. The number of nitrogens with one attached hydrogen (secondary N) is 6. The van der Waals surface area contributed by atoms with Crippen LogP contribution >= 0.6 is 23.2 Å². The van der Waals surface area contributed by atoms with Crippen molar-refractivity contribution in [2.75, 3.05) is 52.2 Å². The Kier molecular flexibility index (Phi) is 11.4. The standard InChI is InChI=1S/C34H39Cl2N11O4/c1-44-18-22(14-27(44)32(49)39-9-6-30(37)38)41-34(51)29-16-23(19-46(29)3)42-33(50)28-15-21(17-45(28)2)40-31(48)26-13-20-12-24(4-5-25(20)43-26)47(10-7-35)11-8-36/h4-5,12-19,43H,6-11H2,1-3H3,(H3,37,38)(H,39,49)(H,40,48)(H,41,51)(H,42,50). The van der Waals surface area contributed by atoms with Crippen LogP contribution < -0.4 is 31.9 Å². The molecular weight excluding hydrogens is 697 g/mol. The van der Waals surface area contributed by atoms with Crippen LogP contribution in [0.15, 0.2) is 61.1 Å². The minimum atomic E-state index is -0.452. The molecule has 0 aliphatic heterocycles. The average molecular weight is 737 g/mol. The summed E-state index contributed by atoms with van der Waals surface area (Å²) in [6.45, 7) is 1.51. The first-order chi connectivity index (χ1) is 24.4. The molecule has 0 aliphatic carbocycles. The van der Waals surface area contributed by atoms with Gasteiger partial charge in [0.15, 0.2) is 0 Å². The fraction of sp³-hybridized carbons (Fsp3) is 0.265. The average Bonchev–Trinajstić information content (AvgIpc) is 3.85. The number of aryl methyl sites for hydroxylation is 3. The van der Waals surface area contributed by atoms with Crippen molar-refractivity contribution in [1.29, 1.82) is 5.41 Å². The van der Waals surface area contributed by atoms with E-state index >= 15 is 0 Å². The smallest absolute Gasteiger partial charge is 0.272 e. The van der Waals surface area contributed by atoms with Crippen LogP contribution in [0, 0.1) is 5.41 Å². The SMILES string of the molecule is Cn1cc(NC(=O)c2cc(NC(=O)c3cc(NC(=O)c4cc5cc(N(CCCl)CCCl)ccc5[nH]4)cn3C)cn2C)cc1C(=O)NCCC(=N)N. The number of H-pyrrole nitrogens is 1. The number of carbonyl (C=O) groups is 4. The highest BCUT2D eigenvalue weighted by molar-refractivity contribution is 6.18. The number of rotatable bonds is 15. The lowest BCUT2D eigenvalue weighted by Crippen LogP contribution is -2.28. The van der Waals surface area contributed by atoms with Crippen molar-refractivity contribution in [2.24, 2.45) is 26.9 Å². The number of amidine groups is 1. The van der Waals surface area contributed by atoms with E-state index in [9.17, 15) is 19.2 Å². The number of nitrogens with zero attached hydrogens (tertiary/aromatic N) is 4. The summed E-state index contributed by atoms with van der Waals surface area (Å²) in [5.41, 5.74) is 9.50. The molecule has 0 bridgehead atoms. The number of alkyl halides is 2. The molecule has 0 fully saturated rings. The van der Waals surface area contributed by atoms with Crippen molar-refractivity contribution in [1.82, 2.24) is 24.0 Å². The van der Waals surface area contributed by atoms with E-state index < -0.39 is 11.8 Å². The zero-order chi connectivity index (χ0) is 36.8. The van der Waals surface area contributed by atoms with Gasteiger partial charge in [0, 0.05) is 94.1 Å². The topological polar surface area (TPSA) is 200 Å². The molecule has 8 N–H and O–H groups in total. The van der Waals surface area contributed by atoms with Gasteiger partial charge in [0.05, 0.1) is 22.9 Å². The molecule has 0 unspecified atom stereocenters. The Morgan fingerprint density at radius 2 is 1.24 bits per heavy atom. The second-order valence-corrected chi connectivity index (χ2v) is 12.6. The molecule has 0 saturated carbocycles. The van der Waals surface area contributed by atoms with Gasteiger partial charge in [0.25, 0.3) is 23.6 Å². The quantitative estimate of drug-likeness (QED) is 0.0475. The van der Waals surface area contributed by atoms with Crippen molar-refractivity contribution in [3.8, 4) is 0 Å². The number of benzene rings is 1. The summed E-state index contributed by atoms with van der Waals surface area (Å²) in [5.74, 6) is -0.753. The summed E-state index contributed by atoms with van der Waals surface area (Å²) in [7, 11) is 5.02. The van der Waals surface area contributed by atoms with Gasteiger partial charge < -0.3 is 50.6 Å². The lowest BCUT2D eigenvalue weighted by Gasteiger charge is -2.22. The summed E-state index contributed by atoms with van der Waals surface area (Å²) in [5, 5.41) is 19.2. The maximum atomic E-state index is 13.3. The van der Waals surface area contributed by atoms with Crippen molar-refractivity contribution in [3.05, 3.63) is 83.8 Å². The second-order valence-electron chi connectivity index (χ2n) is 11.9. The van der Waals surface area contributed by atoms with Gasteiger partial charge in [-0.25, -0.2) is 0 Å². The maximum absolute atomic E-state index is 13.3. The zero-order valence-corrected chi connectivity index (χ0v) is 29.8. The van der Waals surface area contributed by atoms with Gasteiger partial charge in [0.2, 0.25) is 0 Å². The van der Waals surface area contributed by atoms with E-state index in [0.717, 1.165) is 16.6 Å². The summed E-state index contributed by atoms with van der Waals surface area (Å²) in [6.07, 6.45) is 5.06. The van der Waals surface area contributed by atoms with Crippen LogP contribution in [-0.4, -0.2) is 79.5 Å². The molecule has 15 nitrogen and oxygen atoms in total. The molecule has 4 aromatic heterocycles. The molecule has 51 heavy (non-hydrogen) atoms. The Morgan fingerprint density at radius 3 is 1.73 bits per heavy atom. The van der Waals surface area contributed by atoms with Crippen LogP contribution in [0.2, 0.25) is 0 Å². The van der Waals surface area contributed by atoms with Gasteiger partial charge >= 0.3 is 0 Å². The molecule has 0 aliphatic rings. The van der Waals surface area contributed by atoms with Crippen LogP contribution in [0.4, 0.5) is 22.7 Å². The van der Waals surface area contributed by atoms with Crippen LogP contribution in [0.5, 0.6) is 0 Å². The number of nitrogens with two attached hydrogens (primary N) is 1. The van der Waals surface area contributed by atoms with E-state index in [-0.39, 0.29) is 42.0 Å². The Morgan fingerprint density at radius 1 is 0.745 bits per heavy atom. The molecule has 0 saturated heterocycles. The first-order valence-corrected chi connectivity index (χ1v) is 17.0. The van der Waals surface area contributed by atoms with E-state index in [1.54, 1.807) is 65.6 Å². The number of carbonyl (C=O) groups excluding carboxylic acids is 4. The molecule has 4 heterocycles. The van der Waals surface area contributed by atoms with E-state index in [1.165, 1.54) is 12.1 Å². The minimum Gasteiger partial charge on any atom is -0.388 e. The first kappa shape index (κ1) is 36.6. The van der Waals surface area contributed by atoms with Crippen molar-refractivity contribution >= 4 is 86.3 Å². The molecule has 4 amide bonds. The van der Waals surface area contributed by atoms with E-state index in [0.29, 0.717) is 53.3 Å². The van der Waals surface area contributed by atoms with Gasteiger partial charge in [-0.3, -0.25) is 24.6 Å². The van der Waals surface area contributed by atoms with Gasteiger partial charge in [-0.2, -0.15) is 0 Å². The number of hydrogen-bond acceptors (Lipinski definition) is 6. The monoisotopic (exact) mass is 735 g/mol. The number of hydrogen-bond donors (Lipinski definition) is 7. The van der Waals surface area contributed by atoms with E-state index in [2.05, 4.69) is 31.2 Å². The summed E-state index contributed by atoms with van der Waals surface area (Å²) >= 11 is 11.9. The fourth-order valence-electron chi connectivity index (χ4n) is 5.58. The van der Waals surface area contributed by atoms with Gasteiger partial charge in [-0.05, 0) is 42.5 Å². The normalized spacial score (nSPS) is 11.0. The number of aromatic amines is 1. The van der Waals surface area contributed by atoms with Crippen LogP contribution in [0.1, 0.15) is 48.4 Å². The van der Waals surface area contributed by atoms with Gasteiger partial charge in [-0.1, -0.05) is 0 Å². The number of aromatic nitrogens is 4. The molecule has 1 aromatic carbocycles. The van der Waals surface area contributed by atoms with Crippen LogP contribution in [-0.2, 0) is 21.1 Å². The van der Waals surface area contributed by atoms with E-state index in [1.807, 2.05) is 18.2 Å². The van der Waals surface area contributed by atoms with Gasteiger partial charge in [-0.15, -0.1) is 23.2 Å². The number of anilines is 4. The highest BCUT2D eigenvalue weighted by atomic mass is 35.5. The van der Waals surface area contributed by atoms with Crippen molar-refractivity contribution in [3.63, 3.8) is 0 Å². The Bertz CT molecular complexity index is 2100. The largest absolute Gasteiger partial charge is 0.388 e. The fourth-order valence-corrected chi connectivity index (χ4v) is 5.99. The molecule has 0 radical (unpaired) electrons. The minimum absolute atomic E-state index is 0.0304. The summed E-state index contributed by atoms with van der Waals surface area (Å²) < 4.78 is 4.73. The highest BCUT2D eigenvalue weighted by Crippen LogP contribution is 2.25.